The largest absolute Gasteiger partial charge is 0.482 e. The van der Waals surface area contributed by atoms with Gasteiger partial charge in [0.2, 0.25) is 0 Å². The second-order valence-corrected chi connectivity index (χ2v) is 8.20. The lowest BCUT2D eigenvalue weighted by Gasteiger charge is -2.35. The molecule has 0 aliphatic carbocycles. The predicted molar refractivity (Wildman–Crippen MR) is 131 cm³/mol. The zero-order valence-electron chi connectivity index (χ0n) is 18.9. The number of esters is 1. The average Bonchev–Trinajstić information content (AvgIpc) is 2.88. The van der Waals surface area contributed by atoms with Crippen LogP contribution < -0.4 is 9.64 Å². The Kier molecular flexibility index (Phi) is 7.65. The summed E-state index contributed by atoms with van der Waals surface area (Å²) >= 11 is 6.39. The highest BCUT2D eigenvalue weighted by Gasteiger charge is 2.23. The van der Waals surface area contributed by atoms with Crippen LogP contribution in [0.3, 0.4) is 0 Å². The topological polar surface area (TPSA) is 72.0 Å². The zero-order chi connectivity index (χ0) is 23.9. The van der Waals surface area contributed by atoms with Crippen molar-refractivity contribution in [2.24, 2.45) is 0 Å². The van der Waals surface area contributed by atoms with Crippen molar-refractivity contribution in [3.63, 3.8) is 0 Å². The van der Waals surface area contributed by atoms with E-state index in [9.17, 15) is 9.59 Å². The Morgan fingerprint density at radius 2 is 1.74 bits per heavy atom. The molecule has 34 heavy (non-hydrogen) atoms. The lowest BCUT2D eigenvalue weighted by Crippen LogP contribution is -2.50. The number of halogens is 1. The third-order valence-corrected chi connectivity index (χ3v) is 5.90. The SMILES string of the molecule is CCOC(=O)c1ccc(N2CCN(C(=O)COc3ccc(-c4ccccc4)cc3Cl)CC2)nc1. The Morgan fingerprint density at radius 1 is 0.971 bits per heavy atom. The van der Waals surface area contributed by atoms with Gasteiger partial charge >= 0.3 is 5.97 Å². The van der Waals surface area contributed by atoms with Crippen LogP contribution >= 0.6 is 11.6 Å². The molecule has 0 spiro atoms. The van der Waals surface area contributed by atoms with Crippen molar-refractivity contribution in [3.05, 3.63) is 77.4 Å². The van der Waals surface area contributed by atoms with E-state index in [0.29, 0.717) is 49.1 Å². The van der Waals surface area contributed by atoms with Crippen LogP contribution in [-0.2, 0) is 9.53 Å². The summed E-state index contributed by atoms with van der Waals surface area (Å²) in [5.41, 5.74) is 2.48. The Balaban J connectivity index is 1.27. The van der Waals surface area contributed by atoms with Crippen LogP contribution in [0.25, 0.3) is 11.1 Å². The molecule has 7 nitrogen and oxygen atoms in total. The van der Waals surface area contributed by atoms with Gasteiger partial charge in [-0.3, -0.25) is 4.79 Å². The first-order valence-corrected chi connectivity index (χ1v) is 11.6. The number of pyridine rings is 1. The maximum atomic E-state index is 12.7. The Morgan fingerprint density at radius 3 is 2.38 bits per heavy atom. The van der Waals surface area contributed by atoms with E-state index in [2.05, 4.69) is 9.88 Å². The molecule has 8 heteroatoms. The Labute approximate surface area is 203 Å². The van der Waals surface area contributed by atoms with E-state index in [-0.39, 0.29) is 18.5 Å². The fourth-order valence-corrected chi connectivity index (χ4v) is 3.99. The minimum absolute atomic E-state index is 0.0725. The molecule has 1 fully saturated rings. The predicted octanol–water partition coefficient (Wildman–Crippen LogP) is 4.31. The van der Waals surface area contributed by atoms with E-state index in [0.717, 1.165) is 16.9 Å². The lowest BCUT2D eigenvalue weighted by molar-refractivity contribution is -0.133. The highest BCUT2D eigenvalue weighted by molar-refractivity contribution is 6.32. The fraction of sp³-hybridized carbons (Fsp3) is 0.269. The molecule has 176 valence electrons. The first-order valence-electron chi connectivity index (χ1n) is 11.2. The van der Waals surface area contributed by atoms with Crippen molar-refractivity contribution in [2.45, 2.75) is 6.92 Å². The molecule has 1 amide bonds. The molecule has 0 radical (unpaired) electrons. The van der Waals surface area contributed by atoms with Gasteiger partial charge in [-0.25, -0.2) is 9.78 Å². The lowest BCUT2D eigenvalue weighted by atomic mass is 10.1. The van der Waals surface area contributed by atoms with Crippen molar-refractivity contribution in [1.29, 1.82) is 0 Å². The maximum absolute atomic E-state index is 12.7. The smallest absolute Gasteiger partial charge is 0.339 e. The first kappa shape index (κ1) is 23.6. The van der Waals surface area contributed by atoms with Crippen LogP contribution in [0.2, 0.25) is 5.02 Å². The molecular formula is C26H26ClN3O4. The van der Waals surface area contributed by atoms with Gasteiger partial charge in [-0.2, -0.15) is 0 Å². The van der Waals surface area contributed by atoms with E-state index < -0.39 is 0 Å². The summed E-state index contributed by atoms with van der Waals surface area (Å²) < 4.78 is 10.7. The first-order chi connectivity index (χ1) is 16.5. The Bertz CT molecular complexity index is 1130. The number of ether oxygens (including phenoxy) is 2. The van der Waals surface area contributed by atoms with E-state index in [4.69, 9.17) is 21.1 Å². The van der Waals surface area contributed by atoms with Gasteiger partial charge in [0.25, 0.3) is 5.91 Å². The highest BCUT2D eigenvalue weighted by Crippen LogP contribution is 2.30. The average molecular weight is 480 g/mol. The highest BCUT2D eigenvalue weighted by atomic mass is 35.5. The molecule has 1 saturated heterocycles. The molecule has 2 aromatic carbocycles. The van der Waals surface area contributed by atoms with Crippen molar-refractivity contribution in [2.75, 3.05) is 44.3 Å². The second kappa shape index (κ2) is 11.0. The molecule has 2 heterocycles. The van der Waals surface area contributed by atoms with Gasteiger partial charge in [0.05, 0.1) is 17.2 Å². The molecule has 0 saturated carbocycles. The van der Waals surface area contributed by atoms with Crippen molar-refractivity contribution < 1.29 is 19.1 Å². The molecule has 0 atom stereocenters. The number of amides is 1. The van der Waals surface area contributed by atoms with Crippen molar-refractivity contribution in [1.82, 2.24) is 9.88 Å². The molecule has 0 bridgehead atoms. The summed E-state index contributed by atoms with van der Waals surface area (Å²) in [4.78, 5) is 32.7. The monoisotopic (exact) mass is 479 g/mol. The molecule has 1 aliphatic heterocycles. The number of carbonyl (C=O) groups excluding carboxylic acids is 2. The molecule has 1 aromatic heterocycles. The molecular weight excluding hydrogens is 454 g/mol. The van der Waals surface area contributed by atoms with Gasteiger partial charge in [0, 0.05) is 32.4 Å². The molecule has 3 aromatic rings. The van der Waals surface area contributed by atoms with Crippen LogP contribution in [0.1, 0.15) is 17.3 Å². The third-order valence-electron chi connectivity index (χ3n) is 5.61. The van der Waals surface area contributed by atoms with Crippen LogP contribution in [0, 0.1) is 0 Å². The van der Waals surface area contributed by atoms with E-state index in [1.807, 2.05) is 42.5 Å². The van der Waals surface area contributed by atoms with Gasteiger partial charge in [-0.1, -0.05) is 48.0 Å². The Hall–Kier alpha value is -3.58. The number of piperazine rings is 1. The fourth-order valence-electron chi connectivity index (χ4n) is 3.75. The van der Waals surface area contributed by atoms with E-state index >= 15 is 0 Å². The number of benzene rings is 2. The summed E-state index contributed by atoms with van der Waals surface area (Å²) in [7, 11) is 0. The number of anilines is 1. The van der Waals surface area contributed by atoms with Crippen molar-refractivity contribution >= 4 is 29.3 Å². The summed E-state index contributed by atoms with van der Waals surface area (Å²) in [6, 6.07) is 19.0. The summed E-state index contributed by atoms with van der Waals surface area (Å²) in [6.07, 6.45) is 1.52. The third kappa shape index (κ3) is 5.66. The van der Waals surface area contributed by atoms with Gasteiger partial charge in [0.1, 0.15) is 11.6 Å². The van der Waals surface area contributed by atoms with E-state index in [1.54, 1.807) is 30.0 Å². The summed E-state index contributed by atoms with van der Waals surface area (Å²) in [5, 5.41) is 0.469. The van der Waals surface area contributed by atoms with Crippen LogP contribution in [0.4, 0.5) is 5.82 Å². The standard InChI is InChI=1S/C26H26ClN3O4/c1-2-33-26(32)21-9-11-24(28-17-21)29-12-14-30(15-13-29)25(31)18-34-23-10-8-20(16-22(23)27)19-6-4-3-5-7-19/h3-11,16-17H,2,12-15,18H2,1H3. The number of hydrogen-bond donors (Lipinski definition) is 0. The second-order valence-electron chi connectivity index (χ2n) is 7.79. The van der Waals surface area contributed by atoms with Crippen LogP contribution in [0.15, 0.2) is 66.9 Å². The number of rotatable bonds is 7. The molecule has 1 aliphatic rings. The normalized spacial score (nSPS) is 13.5. The quantitative estimate of drug-likeness (QED) is 0.470. The maximum Gasteiger partial charge on any atom is 0.339 e. The number of carbonyl (C=O) groups is 2. The summed E-state index contributed by atoms with van der Waals surface area (Å²) in [6.45, 7) is 4.42. The van der Waals surface area contributed by atoms with Gasteiger partial charge in [-0.15, -0.1) is 0 Å². The number of nitrogens with zero attached hydrogens (tertiary/aromatic N) is 3. The molecule has 0 unspecified atom stereocenters. The zero-order valence-corrected chi connectivity index (χ0v) is 19.7. The van der Waals surface area contributed by atoms with Gasteiger partial charge in [-0.05, 0) is 42.3 Å². The van der Waals surface area contributed by atoms with Crippen molar-refractivity contribution in [3.8, 4) is 16.9 Å². The number of aromatic nitrogens is 1. The molecule has 4 rings (SSSR count). The minimum Gasteiger partial charge on any atom is -0.482 e. The van der Waals surface area contributed by atoms with E-state index in [1.165, 1.54) is 6.20 Å². The summed E-state index contributed by atoms with van der Waals surface area (Å²) in [5.74, 6) is 0.779. The van der Waals surface area contributed by atoms with Crippen LogP contribution in [-0.4, -0.2) is 61.2 Å². The number of hydrogen-bond acceptors (Lipinski definition) is 6. The minimum atomic E-state index is -0.383. The van der Waals surface area contributed by atoms with Gasteiger partial charge < -0.3 is 19.3 Å². The van der Waals surface area contributed by atoms with Gasteiger partial charge in [0.15, 0.2) is 6.61 Å². The van der Waals surface area contributed by atoms with Crippen LogP contribution in [0.5, 0.6) is 5.75 Å². The molecule has 0 N–H and O–H groups in total.